The van der Waals surface area contributed by atoms with Crippen molar-refractivity contribution in [2.75, 3.05) is 13.7 Å². The van der Waals surface area contributed by atoms with Gasteiger partial charge in [-0.25, -0.2) is 22.7 Å². The molecule has 0 radical (unpaired) electrons. The number of esters is 1. The zero-order valence-corrected chi connectivity index (χ0v) is 13.2. The Labute approximate surface area is 126 Å². The van der Waals surface area contributed by atoms with E-state index in [2.05, 4.69) is 20.7 Å². The molecule has 0 saturated carbocycles. The predicted molar refractivity (Wildman–Crippen MR) is 72.2 cm³/mol. The SMILES string of the molecule is COC(=O)C(O)CNS(=O)(=O)c1cc(C(=O)O)sc1Br. The molecule has 1 heterocycles. The molecular formula is C9H10BrNO7S2. The van der Waals surface area contributed by atoms with Gasteiger partial charge >= 0.3 is 11.9 Å². The molecule has 0 saturated heterocycles. The van der Waals surface area contributed by atoms with Crippen molar-refractivity contribution in [1.29, 1.82) is 0 Å². The fourth-order valence-corrected chi connectivity index (χ4v) is 4.57. The average molecular weight is 388 g/mol. The van der Waals surface area contributed by atoms with E-state index in [1.807, 2.05) is 4.72 Å². The largest absolute Gasteiger partial charge is 0.477 e. The molecule has 1 unspecified atom stereocenters. The van der Waals surface area contributed by atoms with E-state index < -0.39 is 34.6 Å². The smallest absolute Gasteiger partial charge is 0.345 e. The van der Waals surface area contributed by atoms with Crippen molar-refractivity contribution >= 4 is 49.2 Å². The molecule has 0 fully saturated rings. The molecule has 1 atom stereocenters. The highest BCUT2D eigenvalue weighted by atomic mass is 79.9. The van der Waals surface area contributed by atoms with Crippen LogP contribution in [-0.4, -0.2) is 50.3 Å². The average Bonchev–Trinajstić information content (AvgIpc) is 2.78. The van der Waals surface area contributed by atoms with Crippen molar-refractivity contribution in [3.63, 3.8) is 0 Å². The summed E-state index contributed by atoms with van der Waals surface area (Å²) in [5.41, 5.74) is 0. The highest BCUT2D eigenvalue weighted by Gasteiger charge is 2.25. The lowest BCUT2D eigenvalue weighted by Crippen LogP contribution is -2.37. The maximum atomic E-state index is 11.9. The second-order valence-electron chi connectivity index (χ2n) is 3.44. The summed E-state index contributed by atoms with van der Waals surface area (Å²) >= 11 is 3.69. The monoisotopic (exact) mass is 387 g/mol. The number of carboxylic acids is 1. The van der Waals surface area contributed by atoms with Crippen molar-refractivity contribution in [3.8, 4) is 0 Å². The van der Waals surface area contributed by atoms with E-state index in [0.717, 1.165) is 24.5 Å². The number of hydrogen-bond donors (Lipinski definition) is 3. The fourth-order valence-electron chi connectivity index (χ4n) is 1.13. The first-order chi connectivity index (χ1) is 9.19. The summed E-state index contributed by atoms with van der Waals surface area (Å²) < 4.78 is 30.2. The highest BCUT2D eigenvalue weighted by Crippen LogP contribution is 2.31. The molecule has 1 aromatic heterocycles. The molecule has 0 bridgehead atoms. The first kappa shape index (κ1) is 17.0. The summed E-state index contributed by atoms with van der Waals surface area (Å²) in [6.07, 6.45) is -1.65. The summed E-state index contributed by atoms with van der Waals surface area (Å²) in [6, 6.07) is 0.976. The Balaban J connectivity index is 2.89. The number of aliphatic hydroxyl groups is 1. The second-order valence-corrected chi connectivity index (χ2v) is 7.55. The minimum Gasteiger partial charge on any atom is -0.477 e. The Bertz CT molecular complexity index is 624. The molecule has 0 aliphatic heterocycles. The number of sulfonamides is 1. The van der Waals surface area contributed by atoms with Gasteiger partial charge in [-0.1, -0.05) is 0 Å². The molecule has 0 aromatic carbocycles. The number of aliphatic hydroxyl groups excluding tert-OH is 1. The van der Waals surface area contributed by atoms with Gasteiger partial charge < -0.3 is 14.9 Å². The summed E-state index contributed by atoms with van der Waals surface area (Å²) in [6.45, 7) is -0.584. The fraction of sp³-hybridized carbons (Fsp3) is 0.333. The lowest BCUT2D eigenvalue weighted by molar-refractivity contribution is -0.149. The quantitative estimate of drug-likeness (QED) is 0.586. The zero-order valence-electron chi connectivity index (χ0n) is 9.99. The lowest BCUT2D eigenvalue weighted by atomic mass is 10.4. The van der Waals surface area contributed by atoms with Crippen LogP contribution in [0, 0.1) is 0 Å². The number of ether oxygens (including phenoxy) is 1. The van der Waals surface area contributed by atoms with Crippen molar-refractivity contribution in [3.05, 3.63) is 14.7 Å². The van der Waals surface area contributed by atoms with E-state index in [0.29, 0.717) is 0 Å². The van der Waals surface area contributed by atoms with Crippen LogP contribution in [0.5, 0.6) is 0 Å². The minimum atomic E-state index is -4.06. The van der Waals surface area contributed by atoms with E-state index >= 15 is 0 Å². The normalized spacial score (nSPS) is 12.9. The zero-order chi connectivity index (χ0) is 15.5. The van der Waals surface area contributed by atoms with E-state index in [-0.39, 0.29) is 13.6 Å². The molecule has 0 spiro atoms. The molecule has 3 N–H and O–H groups in total. The van der Waals surface area contributed by atoms with Gasteiger partial charge in [0.25, 0.3) is 0 Å². The Hall–Kier alpha value is -1.01. The molecule has 20 heavy (non-hydrogen) atoms. The van der Waals surface area contributed by atoms with Gasteiger partial charge in [-0.05, 0) is 22.0 Å². The molecule has 112 valence electrons. The number of carbonyl (C=O) groups excluding carboxylic acids is 1. The van der Waals surface area contributed by atoms with Crippen LogP contribution in [0.1, 0.15) is 9.67 Å². The Morgan fingerprint density at radius 2 is 2.15 bits per heavy atom. The van der Waals surface area contributed by atoms with Crippen molar-refractivity contribution in [2.45, 2.75) is 11.0 Å². The van der Waals surface area contributed by atoms with Crippen LogP contribution in [-0.2, 0) is 19.6 Å². The van der Waals surface area contributed by atoms with E-state index in [4.69, 9.17) is 5.11 Å². The minimum absolute atomic E-state index is 0.106. The van der Waals surface area contributed by atoms with Gasteiger partial charge in [0.15, 0.2) is 6.10 Å². The van der Waals surface area contributed by atoms with Crippen molar-refractivity contribution in [2.24, 2.45) is 0 Å². The van der Waals surface area contributed by atoms with Gasteiger partial charge in [0, 0.05) is 6.54 Å². The van der Waals surface area contributed by atoms with Crippen LogP contribution in [0.4, 0.5) is 0 Å². The number of aromatic carboxylic acids is 1. The number of carbonyl (C=O) groups is 2. The number of hydrogen-bond acceptors (Lipinski definition) is 7. The topological polar surface area (TPSA) is 130 Å². The Kier molecular flexibility index (Phi) is 5.65. The van der Waals surface area contributed by atoms with Crippen LogP contribution in [0.15, 0.2) is 14.7 Å². The number of thiophene rings is 1. The van der Waals surface area contributed by atoms with Gasteiger partial charge in [0.1, 0.15) is 9.77 Å². The highest BCUT2D eigenvalue weighted by molar-refractivity contribution is 9.11. The molecule has 11 heteroatoms. The number of carboxylic acid groups (broad SMARTS) is 1. The van der Waals surface area contributed by atoms with Crippen LogP contribution in [0.2, 0.25) is 0 Å². The number of halogens is 1. The van der Waals surface area contributed by atoms with Gasteiger partial charge in [0.2, 0.25) is 10.0 Å². The third-order valence-electron chi connectivity index (χ3n) is 2.10. The number of methoxy groups -OCH3 is 1. The molecule has 0 aliphatic carbocycles. The van der Waals surface area contributed by atoms with Gasteiger partial charge in [0.05, 0.1) is 10.9 Å². The molecular weight excluding hydrogens is 378 g/mol. The number of rotatable bonds is 6. The molecule has 1 rings (SSSR count). The maximum Gasteiger partial charge on any atom is 0.345 e. The first-order valence-electron chi connectivity index (χ1n) is 4.97. The van der Waals surface area contributed by atoms with E-state index in [9.17, 15) is 23.1 Å². The number of nitrogens with one attached hydrogen (secondary N) is 1. The van der Waals surface area contributed by atoms with Crippen LogP contribution in [0.3, 0.4) is 0 Å². The first-order valence-corrected chi connectivity index (χ1v) is 8.06. The summed E-state index contributed by atoms with van der Waals surface area (Å²) in [5.74, 6) is -2.24. The van der Waals surface area contributed by atoms with Crippen LogP contribution < -0.4 is 4.72 Å². The Morgan fingerprint density at radius 3 is 2.60 bits per heavy atom. The lowest BCUT2D eigenvalue weighted by Gasteiger charge is -2.09. The predicted octanol–water partition coefficient (Wildman–Crippen LogP) is 0.0210. The summed E-state index contributed by atoms with van der Waals surface area (Å²) in [4.78, 5) is 21.3. The summed E-state index contributed by atoms with van der Waals surface area (Å²) in [5, 5.41) is 18.1. The van der Waals surface area contributed by atoms with Crippen LogP contribution in [0.25, 0.3) is 0 Å². The van der Waals surface area contributed by atoms with E-state index in [1.165, 1.54) is 0 Å². The van der Waals surface area contributed by atoms with Gasteiger partial charge in [-0.3, -0.25) is 0 Å². The van der Waals surface area contributed by atoms with Crippen molar-refractivity contribution < 1.29 is 33.0 Å². The standard InChI is InChI=1S/C9H10BrNO7S2/c1-18-9(15)4(12)3-11-20(16,17)6-2-5(8(13)14)19-7(6)10/h2,4,11-12H,3H2,1H3,(H,13,14). The Morgan fingerprint density at radius 1 is 1.55 bits per heavy atom. The van der Waals surface area contributed by atoms with Gasteiger partial charge in [-0.2, -0.15) is 0 Å². The molecule has 8 nitrogen and oxygen atoms in total. The molecule has 1 aromatic rings. The van der Waals surface area contributed by atoms with Crippen LogP contribution >= 0.6 is 27.3 Å². The third-order valence-corrected chi connectivity index (χ3v) is 5.76. The maximum absolute atomic E-state index is 11.9. The van der Waals surface area contributed by atoms with Gasteiger partial charge in [-0.15, -0.1) is 11.3 Å². The van der Waals surface area contributed by atoms with E-state index in [1.54, 1.807) is 0 Å². The molecule has 0 aliphatic rings. The second kappa shape index (κ2) is 6.63. The molecule has 0 amide bonds. The van der Waals surface area contributed by atoms with Crippen molar-refractivity contribution in [1.82, 2.24) is 4.72 Å². The summed E-state index contributed by atoms with van der Waals surface area (Å²) in [7, 11) is -3.01. The third kappa shape index (κ3) is 3.99.